The lowest BCUT2D eigenvalue weighted by Crippen LogP contribution is -2.29. The summed E-state index contributed by atoms with van der Waals surface area (Å²) in [5, 5.41) is 3.70. The van der Waals surface area contributed by atoms with Crippen LogP contribution in [-0.2, 0) is 11.2 Å². The third-order valence-corrected chi connectivity index (χ3v) is 2.89. The van der Waals surface area contributed by atoms with Crippen LogP contribution in [0.1, 0.15) is 5.69 Å². The number of rotatable bonds is 2. The normalized spacial score (nSPS) is 16.5. The zero-order chi connectivity index (χ0) is 9.10. The van der Waals surface area contributed by atoms with Crippen molar-refractivity contribution in [3.63, 3.8) is 0 Å². The van der Waals surface area contributed by atoms with Gasteiger partial charge < -0.3 is 9.42 Å². The molecule has 13 heavy (non-hydrogen) atoms. The number of hydrogen-bond acceptors (Lipinski definition) is 4. The molecular formula is C8H10N2O2S. The molecule has 2 heterocycles. The molecule has 1 aromatic heterocycles. The van der Waals surface area contributed by atoms with Gasteiger partial charge in [0.05, 0.1) is 18.0 Å². The number of thioether (sulfide) groups is 1. The summed E-state index contributed by atoms with van der Waals surface area (Å²) in [5.41, 5.74) is 0.710. The summed E-state index contributed by atoms with van der Waals surface area (Å²) in [6.07, 6.45) is 1.85. The Kier molecular flexibility index (Phi) is 2.54. The molecule has 1 saturated heterocycles. The monoisotopic (exact) mass is 198 g/mol. The Morgan fingerprint density at radius 1 is 1.77 bits per heavy atom. The van der Waals surface area contributed by atoms with Gasteiger partial charge in [-0.25, -0.2) is 0 Å². The summed E-state index contributed by atoms with van der Waals surface area (Å²) in [6, 6.07) is 1.72. The minimum Gasteiger partial charge on any atom is -0.364 e. The minimum absolute atomic E-state index is 0.138. The molecule has 0 aliphatic carbocycles. The molecule has 1 aliphatic heterocycles. The lowest BCUT2D eigenvalue weighted by Gasteiger charge is -2.12. The van der Waals surface area contributed by atoms with Crippen molar-refractivity contribution in [1.29, 1.82) is 0 Å². The molecule has 4 nitrogen and oxygen atoms in total. The Balaban J connectivity index is 1.91. The van der Waals surface area contributed by atoms with E-state index in [-0.39, 0.29) is 5.91 Å². The molecule has 5 heteroatoms. The van der Waals surface area contributed by atoms with Gasteiger partial charge in [-0.1, -0.05) is 5.16 Å². The maximum atomic E-state index is 11.5. The van der Waals surface area contributed by atoms with Gasteiger partial charge in [0.25, 0.3) is 0 Å². The standard InChI is InChI=1S/C8H10N2O2S/c11-8(10-2-4-13-6-10)5-7-1-3-12-9-7/h1,3H,2,4-6H2. The van der Waals surface area contributed by atoms with Gasteiger partial charge in [0.2, 0.25) is 5.91 Å². The van der Waals surface area contributed by atoms with E-state index in [0.29, 0.717) is 12.1 Å². The number of aromatic nitrogens is 1. The third kappa shape index (κ3) is 2.03. The largest absolute Gasteiger partial charge is 0.364 e. The van der Waals surface area contributed by atoms with E-state index >= 15 is 0 Å². The number of carbonyl (C=O) groups is 1. The smallest absolute Gasteiger partial charge is 0.229 e. The topological polar surface area (TPSA) is 46.3 Å². The predicted octanol–water partition coefficient (Wildman–Crippen LogP) is 0.750. The van der Waals surface area contributed by atoms with Crippen molar-refractivity contribution < 1.29 is 9.32 Å². The fraction of sp³-hybridized carbons (Fsp3) is 0.500. The van der Waals surface area contributed by atoms with Crippen molar-refractivity contribution in [3.05, 3.63) is 18.0 Å². The predicted molar refractivity (Wildman–Crippen MR) is 49.2 cm³/mol. The van der Waals surface area contributed by atoms with Crippen LogP contribution in [0.15, 0.2) is 16.9 Å². The second-order valence-electron chi connectivity index (χ2n) is 2.86. The van der Waals surface area contributed by atoms with E-state index in [4.69, 9.17) is 0 Å². The highest BCUT2D eigenvalue weighted by Gasteiger charge is 2.18. The molecule has 1 amide bonds. The van der Waals surface area contributed by atoms with Crippen LogP contribution < -0.4 is 0 Å². The van der Waals surface area contributed by atoms with E-state index in [2.05, 4.69) is 9.68 Å². The fourth-order valence-corrected chi connectivity index (χ4v) is 2.18. The molecule has 1 aromatic rings. The van der Waals surface area contributed by atoms with E-state index < -0.39 is 0 Å². The molecule has 1 fully saturated rings. The van der Waals surface area contributed by atoms with Crippen molar-refractivity contribution in [3.8, 4) is 0 Å². The molecule has 2 rings (SSSR count). The molecule has 0 radical (unpaired) electrons. The molecular weight excluding hydrogens is 188 g/mol. The second-order valence-corrected chi connectivity index (χ2v) is 3.94. The highest BCUT2D eigenvalue weighted by atomic mass is 32.2. The molecule has 70 valence electrons. The maximum absolute atomic E-state index is 11.5. The highest BCUT2D eigenvalue weighted by molar-refractivity contribution is 7.99. The van der Waals surface area contributed by atoms with Crippen LogP contribution in [0.3, 0.4) is 0 Å². The van der Waals surface area contributed by atoms with Crippen LogP contribution in [-0.4, -0.2) is 34.1 Å². The summed E-state index contributed by atoms with van der Waals surface area (Å²) in [4.78, 5) is 13.4. The van der Waals surface area contributed by atoms with Crippen molar-refractivity contribution >= 4 is 17.7 Å². The molecule has 0 unspecified atom stereocenters. The Hall–Kier alpha value is -0.970. The van der Waals surface area contributed by atoms with Crippen molar-refractivity contribution in [2.24, 2.45) is 0 Å². The average Bonchev–Trinajstić information content (AvgIpc) is 2.74. The first-order chi connectivity index (χ1) is 6.36. The Morgan fingerprint density at radius 3 is 3.31 bits per heavy atom. The Morgan fingerprint density at radius 2 is 2.69 bits per heavy atom. The quantitative estimate of drug-likeness (QED) is 0.703. The summed E-state index contributed by atoms with van der Waals surface area (Å²) in [5.74, 6) is 2.00. The van der Waals surface area contributed by atoms with Crippen LogP contribution in [0.25, 0.3) is 0 Å². The first-order valence-corrected chi connectivity index (χ1v) is 5.26. The Labute approximate surface area is 80.3 Å². The van der Waals surface area contributed by atoms with E-state index in [1.807, 2.05) is 4.90 Å². The van der Waals surface area contributed by atoms with E-state index in [1.165, 1.54) is 6.26 Å². The minimum atomic E-state index is 0.138. The van der Waals surface area contributed by atoms with Crippen molar-refractivity contribution in [1.82, 2.24) is 10.1 Å². The van der Waals surface area contributed by atoms with Gasteiger partial charge in [0, 0.05) is 18.4 Å². The first kappa shape index (κ1) is 8.62. The zero-order valence-electron chi connectivity index (χ0n) is 7.10. The molecule has 0 N–H and O–H groups in total. The molecule has 0 aromatic carbocycles. The van der Waals surface area contributed by atoms with Gasteiger partial charge in [0.1, 0.15) is 6.26 Å². The Bertz CT molecular complexity index is 280. The maximum Gasteiger partial charge on any atom is 0.229 e. The molecule has 0 spiro atoms. The second kappa shape index (κ2) is 3.83. The van der Waals surface area contributed by atoms with Gasteiger partial charge in [-0.15, -0.1) is 11.8 Å². The summed E-state index contributed by atoms with van der Waals surface area (Å²) in [7, 11) is 0. The van der Waals surface area contributed by atoms with Gasteiger partial charge in [-0.05, 0) is 0 Å². The zero-order valence-corrected chi connectivity index (χ0v) is 7.92. The van der Waals surface area contributed by atoms with Crippen LogP contribution >= 0.6 is 11.8 Å². The number of amides is 1. The lowest BCUT2D eigenvalue weighted by atomic mass is 10.3. The summed E-state index contributed by atoms with van der Waals surface area (Å²) < 4.78 is 4.65. The number of carbonyl (C=O) groups excluding carboxylic acids is 1. The molecule has 0 saturated carbocycles. The molecule has 1 aliphatic rings. The summed E-state index contributed by atoms with van der Waals surface area (Å²) >= 11 is 1.78. The van der Waals surface area contributed by atoms with Gasteiger partial charge in [-0.2, -0.15) is 0 Å². The van der Waals surface area contributed by atoms with Gasteiger partial charge in [0.15, 0.2) is 0 Å². The van der Waals surface area contributed by atoms with Crippen LogP contribution in [0.4, 0.5) is 0 Å². The number of nitrogens with zero attached hydrogens (tertiary/aromatic N) is 2. The average molecular weight is 198 g/mol. The highest BCUT2D eigenvalue weighted by Crippen LogP contribution is 2.14. The van der Waals surface area contributed by atoms with Crippen molar-refractivity contribution in [2.75, 3.05) is 18.2 Å². The third-order valence-electron chi connectivity index (χ3n) is 1.93. The SMILES string of the molecule is O=C(Cc1ccon1)N1CCSC1. The first-order valence-electron chi connectivity index (χ1n) is 4.11. The van der Waals surface area contributed by atoms with Crippen LogP contribution in [0.2, 0.25) is 0 Å². The van der Waals surface area contributed by atoms with Crippen molar-refractivity contribution in [2.45, 2.75) is 6.42 Å². The van der Waals surface area contributed by atoms with E-state index in [9.17, 15) is 4.79 Å². The fourth-order valence-electron chi connectivity index (χ4n) is 1.21. The number of hydrogen-bond donors (Lipinski definition) is 0. The van der Waals surface area contributed by atoms with Crippen LogP contribution in [0, 0.1) is 0 Å². The van der Waals surface area contributed by atoms with Gasteiger partial charge in [-0.3, -0.25) is 4.79 Å². The van der Waals surface area contributed by atoms with E-state index in [0.717, 1.165) is 18.2 Å². The van der Waals surface area contributed by atoms with Crippen LogP contribution in [0.5, 0.6) is 0 Å². The summed E-state index contributed by atoms with van der Waals surface area (Å²) in [6.45, 7) is 0.862. The molecule has 0 bridgehead atoms. The van der Waals surface area contributed by atoms with Gasteiger partial charge >= 0.3 is 0 Å². The lowest BCUT2D eigenvalue weighted by molar-refractivity contribution is -0.129. The van der Waals surface area contributed by atoms with E-state index in [1.54, 1.807) is 17.8 Å². The molecule has 0 atom stereocenters.